The highest BCUT2D eigenvalue weighted by molar-refractivity contribution is 9.10. The van der Waals surface area contributed by atoms with Crippen molar-refractivity contribution in [2.75, 3.05) is 0 Å². The largest absolute Gasteiger partial charge is 0.488 e. The molecule has 0 unspecified atom stereocenters. The zero-order valence-electron chi connectivity index (χ0n) is 14.7. The van der Waals surface area contributed by atoms with Crippen LogP contribution in [0.1, 0.15) is 16.7 Å². The number of nitrogens with zero attached hydrogens (tertiary/aromatic N) is 1. The number of hydrogen-bond acceptors (Lipinski definition) is 3. The molecule has 0 spiro atoms. The standard InChI is InChI=1S/C18H14BrF7N2O/c1-11-2-4-12(5-3-11)10-29-15-7-6-13(8-14(15)19)9-27-28-18(25,26)16(20,21)17(22,23)24/h2-9,28H,10H2,1H3/b27-9+. The van der Waals surface area contributed by atoms with Crippen LogP contribution >= 0.6 is 15.9 Å². The molecule has 0 aromatic heterocycles. The molecule has 0 aliphatic carbocycles. The van der Waals surface area contributed by atoms with Crippen molar-refractivity contribution in [2.24, 2.45) is 5.10 Å². The second-order valence-corrected chi connectivity index (χ2v) is 6.84. The number of benzene rings is 2. The molecule has 1 N–H and O–H groups in total. The molecule has 0 radical (unpaired) electrons. The number of aryl methyl sites for hydroxylation is 1. The average molecular weight is 487 g/mol. The molecule has 11 heteroatoms. The van der Waals surface area contributed by atoms with E-state index in [1.54, 1.807) is 0 Å². The van der Waals surface area contributed by atoms with E-state index >= 15 is 0 Å². The summed E-state index contributed by atoms with van der Waals surface area (Å²) in [5, 5.41) is 2.80. The van der Waals surface area contributed by atoms with E-state index in [0.717, 1.165) is 11.1 Å². The first-order valence-electron chi connectivity index (χ1n) is 7.94. The minimum atomic E-state index is -6.43. The highest BCUT2D eigenvalue weighted by Gasteiger charge is 2.73. The fourth-order valence-electron chi connectivity index (χ4n) is 2.00. The molecule has 0 bridgehead atoms. The Balaban J connectivity index is 2.02. The highest BCUT2D eigenvalue weighted by atomic mass is 79.9. The summed E-state index contributed by atoms with van der Waals surface area (Å²) in [6.07, 6.45) is -5.76. The lowest BCUT2D eigenvalue weighted by Crippen LogP contribution is -2.58. The number of rotatable bonds is 7. The van der Waals surface area contributed by atoms with Crippen LogP contribution in [0.4, 0.5) is 30.7 Å². The van der Waals surface area contributed by atoms with E-state index in [4.69, 9.17) is 4.74 Å². The van der Waals surface area contributed by atoms with Gasteiger partial charge in [0.25, 0.3) is 0 Å². The molecule has 2 aromatic rings. The minimum absolute atomic E-state index is 0.151. The number of hydrogen-bond donors (Lipinski definition) is 1. The monoisotopic (exact) mass is 486 g/mol. The summed E-state index contributed by atoms with van der Waals surface area (Å²) in [4.78, 5) is 0. The molecule has 3 nitrogen and oxygen atoms in total. The molecule has 2 rings (SSSR count). The molecule has 0 aliphatic heterocycles. The van der Waals surface area contributed by atoms with Gasteiger partial charge >= 0.3 is 18.1 Å². The van der Waals surface area contributed by atoms with Crippen LogP contribution in [0.5, 0.6) is 5.75 Å². The Bertz CT molecular complexity index is 868. The van der Waals surface area contributed by atoms with Crippen LogP contribution in [-0.2, 0) is 6.61 Å². The number of halogens is 8. The van der Waals surface area contributed by atoms with Crippen LogP contribution in [0.25, 0.3) is 0 Å². The second kappa shape index (κ2) is 8.60. The van der Waals surface area contributed by atoms with Gasteiger partial charge in [-0.3, -0.25) is 0 Å². The van der Waals surface area contributed by atoms with Gasteiger partial charge in [-0.15, -0.1) is 0 Å². The molecule has 0 aliphatic rings. The lowest BCUT2D eigenvalue weighted by atomic mass is 10.2. The van der Waals surface area contributed by atoms with E-state index in [1.807, 2.05) is 31.2 Å². The SMILES string of the molecule is Cc1ccc(COc2ccc(/C=N/NC(F)(F)C(F)(F)C(F)(F)F)cc2Br)cc1. The van der Waals surface area contributed by atoms with Crippen molar-refractivity contribution in [3.05, 3.63) is 63.6 Å². The summed E-state index contributed by atoms with van der Waals surface area (Å²) in [5.41, 5.74) is 2.71. The van der Waals surface area contributed by atoms with Crippen LogP contribution in [0, 0.1) is 6.92 Å². The first kappa shape index (κ1) is 23.0. The number of ether oxygens (including phenoxy) is 1. The molecule has 0 saturated heterocycles. The molecule has 0 fully saturated rings. The fourth-order valence-corrected chi connectivity index (χ4v) is 2.51. The van der Waals surface area contributed by atoms with Gasteiger partial charge in [-0.1, -0.05) is 29.8 Å². The zero-order valence-corrected chi connectivity index (χ0v) is 16.3. The minimum Gasteiger partial charge on any atom is -0.488 e. The van der Waals surface area contributed by atoms with Crippen molar-refractivity contribution in [3.63, 3.8) is 0 Å². The zero-order chi connectivity index (χ0) is 21.9. The lowest BCUT2D eigenvalue weighted by Gasteiger charge is -2.27. The van der Waals surface area contributed by atoms with E-state index in [9.17, 15) is 30.7 Å². The van der Waals surface area contributed by atoms with Crippen LogP contribution in [0.3, 0.4) is 0 Å². The van der Waals surface area contributed by atoms with Crippen molar-refractivity contribution in [1.82, 2.24) is 5.43 Å². The van der Waals surface area contributed by atoms with E-state index < -0.39 is 18.1 Å². The normalized spacial score (nSPS) is 13.0. The van der Waals surface area contributed by atoms with E-state index in [2.05, 4.69) is 21.0 Å². The number of alkyl halides is 7. The van der Waals surface area contributed by atoms with Gasteiger partial charge in [-0.25, -0.2) is 5.43 Å². The molecule has 0 amide bonds. The molecule has 0 heterocycles. The van der Waals surface area contributed by atoms with Crippen LogP contribution < -0.4 is 10.2 Å². The van der Waals surface area contributed by atoms with E-state index in [1.165, 1.54) is 18.2 Å². The van der Waals surface area contributed by atoms with Gasteiger partial charge in [0.15, 0.2) is 0 Å². The summed E-state index contributed by atoms with van der Waals surface area (Å²) < 4.78 is 93.9. The molecular weight excluding hydrogens is 473 g/mol. The Morgan fingerprint density at radius 3 is 2.17 bits per heavy atom. The first-order valence-corrected chi connectivity index (χ1v) is 8.73. The maximum Gasteiger partial charge on any atom is 0.462 e. The first-order chi connectivity index (χ1) is 13.3. The predicted molar refractivity (Wildman–Crippen MR) is 96.3 cm³/mol. The summed E-state index contributed by atoms with van der Waals surface area (Å²) in [7, 11) is 0. The van der Waals surface area contributed by atoms with E-state index in [0.29, 0.717) is 21.9 Å². The van der Waals surface area contributed by atoms with Crippen LogP contribution in [-0.4, -0.2) is 24.4 Å². The molecule has 2 aromatic carbocycles. The topological polar surface area (TPSA) is 33.6 Å². The van der Waals surface area contributed by atoms with Gasteiger partial charge in [-0.05, 0) is 52.2 Å². The molecular formula is C18H14BrF7N2O. The Labute approximate surface area is 169 Å². The third-order valence-corrected chi connectivity index (χ3v) is 4.26. The Morgan fingerprint density at radius 2 is 1.62 bits per heavy atom. The maximum atomic E-state index is 13.1. The lowest BCUT2D eigenvalue weighted by molar-refractivity contribution is -0.361. The second-order valence-electron chi connectivity index (χ2n) is 5.98. The van der Waals surface area contributed by atoms with Gasteiger partial charge < -0.3 is 4.74 Å². The maximum absolute atomic E-state index is 13.1. The summed E-state index contributed by atoms with van der Waals surface area (Å²) in [6, 6.07) is 6.17. The Kier molecular flexibility index (Phi) is 6.82. The highest BCUT2D eigenvalue weighted by Crippen LogP contribution is 2.45. The third-order valence-electron chi connectivity index (χ3n) is 3.64. The molecule has 158 valence electrons. The quantitative estimate of drug-likeness (QED) is 0.223. The predicted octanol–water partition coefficient (Wildman–Crippen LogP) is 6.05. The van der Waals surface area contributed by atoms with Crippen molar-refractivity contribution in [2.45, 2.75) is 31.7 Å². The Morgan fingerprint density at radius 1 is 1.00 bits per heavy atom. The van der Waals surface area contributed by atoms with Gasteiger partial charge in [0.2, 0.25) is 0 Å². The van der Waals surface area contributed by atoms with Gasteiger partial charge in [0.05, 0.1) is 10.7 Å². The van der Waals surface area contributed by atoms with Gasteiger partial charge in [0.1, 0.15) is 12.4 Å². The summed E-state index contributed by atoms with van der Waals surface area (Å²) in [5.74, 6) is -5.88. The third kappa shape index (κ3) is 5.62. The molecule has 0 saturated carbocycles. The molecule has 0 atom stereocenters. The summed E-state index contributed by atoms with van der Waals surface area (Å²) in [6.45, 7) is 2.20. The summed E-state index contributed by atoms with van der Waals surface area (Å²) >= 11 is 3.20. The fraction of sp³-hybridized carbons (Fsp3) is 0.278. The number of hydrazone groups is 1. The Hall–Kier alpha value is -2.30. The van der Waals surface area contributed by atoms with Gasteiger partial charge in [0, 0.05) is 0 Å². The van der Waals surface area contributed by atoms with Crippen molar-refractivity contribution in [1.29, 1.82) is 0 Å². The van der Waals surface area contributed by atoms with Crippen molar-refractivity contribution < 1.29 is 35.5 Å². The van der Waals surface area contributed by atoms with Crippen LogP contribution in [0.2, 0.25) is 0 Å². The van der Waals surface area contributed by atoms with Gasteiger partial charge in [-0.2, -0.15) is 35.8 Å². The van der Waals surface area contributed by atoms with E-state index in [-0.39, 0.29) is 12.2 Å². The van der Waals surface area contributed by atoms with Crippen molar-refractivity contribution in [3.8, 4) is 5.75 Å². The smallest absolute Gasteiger partial charge is 0.462 e. The average Bonchev–Trinajstić information content (AvgIpc) is 2.61. The van der Waals surface area contributed by atoms with Crippen LogP contribution in [0.15, 0.2) is 52.0 Å². The molecule has 29 heavy (non-hydrogen) atoms. The van der Waals surface area contributed by atoms with Crippen molar-refractivity contribution >= 4 is 22.1 Å². The number of nitrogens with one attached hydrogen (secondary N) is 1.